The first kappa shape index (κ1) is 24.8. The fourth-order valence-corrected chi connectivity index (χ4v) is 4.19. The number of halogens is 3. The van der Waals surface area contributed by atoms with Crippen LogP contribution in [0, 0.1) is 0 Å². The molecule has 10 nitrogen and oxygen atoms in total. The molecule has 0 N–H and O–H groups in total. The van der Waals surface area contributed by atoms with Crippen molar-refractivity contribution in [3.8, 4) is 11.3 Å². The summed E-state index contributed by atoms with van der Waals surface area (Å²) in [6, 6.07) is 3.20. The summed E-state index contributed by atoms with van der Waals surface area (Å²) in [7, 11) is 1.64. The van der Waals surface area contributed by atoms with E-state index in [0.29, 0.717) is 35.7 Å². The Balaban J connectivity index is 1.50. The van der Waals surface area contributed by atoms with Crippen LogP contribution in [0.25, 0.3) is 16.9 Å². The molecule has 2 aliphatic rings. The van der Waals surface area contributed by atoms with Crippen LogP contribution in [-0.2, 0) is 21.9 Å². The zero-order valence-corrected chi connectivity index (χ0v) is 20.5. The van der Waals surface area contributed by atoms with Gasteiger partial charge in [-0.05, 0) is 37.6 Å². The molecule has 3 aromatic heterocycles. The molecule has 37 heavy (non-hydrogen) atoms. The number of fused-ring (bicyclic) bond motifs is 1. The number of rotatable bonds is 5. The Labute approximate surface area is 210 Å². The lowest BCUT2D eigenvalue weighted by Crippen LogP contribution is -2.22. The highest BCUT2D eigenvalue weighted by molar-refractivity contribution is 5.93. The van der Waals surface area contributed by atoms with Crippen LogP contribution < -0.4 is 0 Å². The van der Waals surface area contributed by atoms with E-state index in [2.05, 4.69) is 25.5 Å². The largest absolute Gasteiger partial charge is 0.353 e. The predicted molar refractivity (Wildman–Crippen MR) is 128 cm³/mol. The van der Waals surface area contributed by atoms with Crippen molar-refractivity contribution in [3.63, 3.8) is 0 Å². The number of hydrazone groups is 1. The molecule has 5 heterocycles. The Morgan fingerprint density at radius 1 is 1.16 bits per heavy atom. The number of hydrogen-bond donors (Lipinski definition) is 0. The van der Waals surface area contributed by atoms with Crippen LogP contribution in [-0.4, -0.2) is 66.9 Å². The molecule has 0 radical (unpaired) electrons. The molecule has 1 atom stereocenters. The Kier molecular flexibility index (Phi) is 6.65. The molecule has 1 fully saturated rings. The van der Waals surface area contributed by atoms with Gasteiger partial charge in [0.05, 0.1) is 30.8 Å². The van der Waals surface area contributed by atoms with E-state index in [9.17, 15) is 4.39 Å². The lowest BCUT2D eigenvalue weighted by atomic mass is 10.0. The molecule has 0 aromatic carbocycles. The van der Waals surface area contributed by atoms with Crippen LogP contribution in [0.2, 0.25) is 0 Å². The third-order valence-electron chi connectivity index (χ3n) is 5.79. The molecule has 1 saturated heterocycles. The van der Waals surface area contributed by atoms with E-state index in [1.807, 2.05) is 0 Å². The summed E-state index contributed by atoms with van der Waals surface area (Å²) in [5, 5.41) is 21.9. The Morgan fingerprint density at radius 3 is 2.78 bits per heavy atom. The molecule has 5 rings (SSSR count). The van der Waals surface area contributed by atoms with Crippen LogP contribution >= 0.6 is 0 Å². The number of allylic oxidation sites excluding steroid dienone is 5. The van der Waals surface area contributed by atoms with Crippen molar-refractivity contribution in [1.29, 1.82) is 0 Å². The van der Waals surface area contributed by atoms with Crippen molar-refractivity contribution in [2.24, 2.45) is 5.10 Å². The van der Waals surface area contributed by atoms with Gasteiger partial charge in [-0.3, -0.25) is 9.69 Å². The van der Waals surface area contributed by atoms with Crippen molar-refractivity contribution < 1.29 is 22.6 Å². The van der Waals surface area contributed by atoms with Crippen LogP contribution in [0.1, 0.15) is 26.1 Å². The maximum Gasteiger partial charge on any atom is 0.330 e. The van der Waals surface area contributed by atoms with Crippen molar-refractivity contribution >= 4 is 11.4 Å². The van der Waals surface area contributed by atoms with E-state index in [-0.39, 0.29) is 18.5 Å². The van der Waals surface area contributed by atoms with Gasteiger partial charge in [-0.2, -0.15) is 28.6 Å². The van der Waals surface area contributed by atoms with Gasteiger partial charge in [0.15, 0.2) is 5.65 Å². The summed E-state index contributed by atoms with van der Waals surface area (Å²) < 4.78 is 59.8. The number of nitrogens with zero attached hydrogens (tertiary/aromatic N) is 8. The van der Waals surface area contributed by atoms with Gasteiger partial charge in [-0.25, -0.2) is 4.39 Å². The van der Waals surface area contributed by atoms with Gasteiger partial charge in [0.2, 0.25) is 5.82 Å². The Morgan fingerprint density at radius 2 is 2.00 bits per heavy atom. The normalized spacial score (nSPS) is 25.1. The van der Waals surface area contributed by atoms with Gasteiger partial charge >= 0.3 is 5.92 Å². The molecule has 1 unspecified atom stereocenters. The SMILES string of the molecule is CC1=C\N(C)/N=C(C)/C=C(/F)C/C(C(F)(F)c2nnc3ccc(-c4cnn(CC5COCO5)c4)nn23)=C\1. The van der Waals surface area contributed by atoms with Crippen molar-refractivity contribution in [2.45, 2.75) is 38.8 Å². The number of aromatic nitrogens is 6. The third-order valence-corrected chi connectivity index (χ3v) is 5.79. The Bertz CT molecular complexity index is 1430. The van der Waals surface area contributed by atoms with E-state index in [1.54, 1.807) is 56.3 Å². The first-order valence-electron chi connectivity index (χ1n) is 11.6. The van der Waals surface area contributed by atoms with Gasteiger partial charge < -0.3 is 9.47 Å². The molecule has 0 amide bonds. The van der Waals surface area contributed by atoms with Gasteiger partial charge in [0.1, 0.15) is 18.7 Å². The van der Waals surface area contributed by atoms with Gasteiger partial charge in [-0.15, -0.1) is 10.2 Å². The lowest BCUT2D eigenvalue weighted by molar-refractivity contribution is 0.0226. The maximum absolute atomic E-state index is 15.9. The monoisotopic (exact) mass is 514 g/mol. The van der Waals surface area contributed by atoms with Crippen molar-refractivity contribution in [1.82, 2.24) is 34.6 Å². The van der Waals surface area contributed by atoms with E-state index >= 15 is 8.78 Å². The molecular weight excluding hydrogens is 489 g/mol. The summed E-state index contributed by atoms with van der Waals surface area (Å²) in [5.74, 6) is -5.13. The fraction of sp³-hybridized carbons (Fsp3) is 0.375. The van der Waals surface area contributed by atoms with Crippen molar-refractivity contribution in [2.75, 3.05) is 20.4 Å². The van der Waals surface area contributed by atoms with Crippen molar-refractivity contribution in [3.05, 3.63) is 65.7 Å². The van der Waals surface area contributed by atoms with Gasteiger partial charge in [-0.1, -0.05) is 6.08 Å². The fourth-order valence-electron chi connectivity index (χ4n) is 4.19. The summed E-state index contributed by atoms with van der Waals surface area (Å²) in [5.41, 5.74) is 1.48. The van der Waals surface area contributed by atoms with Crippen LogP contribution in [0.15, 0.2) is 65.0 Å². The maximum atomic E-state index is 15.9. The molecular formula is C24H25F3N8O2. The van der Waals surface area contributed by atoms with E-state index in [0.717, 1.165) is 10.6 Å². The molecule has 13 heteroatoms. The Hall–Kier alpha value is -3.84. The summed E-state index contributed by atoms with van der Waals surface area (Å²) in [6.45, 7) is 4.44. The van der Waals surface area contributed by atoms with Crippen LogP contribution in [0.4, 0.5) is 13.2 Å². The zero-order chi connectivity index (χ0) is 26.2. The van der Waals surface area contributed by atoms with E-state index in [4.69, 9.17) is 9.47 Å². The average molecular weight is 515 g/mol. The molecule has 0 saturated carbocycles. The average Bonchev–Trinajstić information content (AvgIpc) is 3.59. The molecule has 3 aromatic rings. The molecule has 194 valence electrons. The minimum atomic E-state index is -3.67. The summed E-state index contributed by atoms with van der Waals surface area (Å²) >= 11 is 0. The smallest absolute Gasteiger partial charge is 0.330 e. The van der Waals surface area contributed by atoms with Crippen LogP contribution in [0.5, 0.6) is 0 Å². The topological polar surface area (TPSA) is 95.0 Å². The van der Waals surface area contributed by atoms with Gasteiger partial charge in [0.25, 0.3) is 0 Å². The predicted octanol–water partition coefficient (Wildman–Crippen LogP) is 3.85. The first-order chi connectivity index (χ1) is 17.7. The highest BCUT2D eigenvalue weighted by Crippen LogP contribution is 2.39. The summed E-state index contributed by atoms with van der Waals surface area (Å²) in [4.78, 5) is 0. The minimum absolute atomic E-state index is 0.112. The zero-order valence-electron chi connectivity index (χ0n) is 20.5. The number of ether oxygens (including phenoxy) is 2. The second-order valence-corrected chi connectivity index (χ2v) is 8.94. The number of hydrogen-bond acceptors (Lipinski definition) is 8. The second kappa shape index (κ2) is 9.90. The second-order valence-electron chi connectivity index (χ2n) is 8.94. The van der Waals surface area contributed by atoms with E-state index < -0.39 is 29.6 Å². The number of alkyl halides is 2. The minimum Gasteiger partial charge on any atom is -0.353 e. The third kappa shape index (κ3) is 5.32. The quantitative estimate of drug-likeness (QED) is 0.511. The highest BCUT2D eigenvalue weighted by Gasteiger charge is 2.42. The first-order valence-corrected chi connectivity index (χ1v) is 11.6. The molecule has 0 bridgehead atoms. The van der Waals surface area contributed by atoms with Crippen LogP contribution in [0.3, 0.4) is 0 Å². The molecule has 0 spiro atoms. The standard InChI is InChI=1S/C24H25F3N8O2/c1-15-6-18(8-19(25)7-16(2)31-33(3)10-15)24(26,27)23-30-29-22-5-4-21(32-35(22)23)17-9-28-34(11-17)12-20-13-36-14-37-20/h4-7,9-11,20H,8,12-14H2,1-3H3/b15-10+,18-6+,19-7+,31-16+. The molecule has 2 aliphatic heterocycles. The lowest BCUT2D eigenvalue weighted by Gasteiger charge is -2.19. The summed E-state index contributed by atoms with van der Waals surface area (Å²) in [6.07, 6.45) is 6.55. The van der Waals surface area contributed by atoms with E-state index in [1.165, 1.54) is 11.1 Å². The molecule has 0 aliphatic carbocycles. The van der Waals surface area contributed by atoms with Gasteiger partial charge in [0, 0.05) is 37.0 Å². The highest BCUT2D eigenvalue weighted by atomic mass is 19.3.